The third kappa shape index (κ3) is 2.89. The summed E-state index contributed by atoms with van der Waals surface area (Å²) in [5.74, 6) is 3.21. The molecule has 1 aromatic carbocycles. The molecule has 1 saturated heterocycles. The second-order valence-corrected chi connectivity index (χ2v) is 5.00. The zero-order chi connectivity index (χ0) is 10.7. The molecular weight excluding hydrogens is 208 g/mol. The first-order valence-corrected chi connectivity index (χ1v) is 6.43. The predicted molar refractivity (Wildman–Crippen MR) is 63.4 cm³/mol. The zero-order valence-corrected chi connectivity index (χ0v) is 9.67. The van der Waals surface area contributed by atoms with Crippen molar-refractivity contribution in [2.75, 3.05) is 11.5 Å². The van der Waals surface area contributed by atoms with Gasteiger partial charge >= 0.3 is 0 Å². The Balaban J connectivity index is 1.97. The molecule has 2 unspecified atom stereocenters. The van der Waals surface area contributed by atoms with Gasteiger partial charge in [-0.2, -0.15) is 11.8 Å². The van der Waals surface area contributed by atoms with Gasteiger partial charge in [-0.05, 0) is 36.8 Å². The summed E-state index contributed by atoms with van der Waals surface area (Å²) in [6.07, 6.45) is 1.11. The summed E-state index contributed by atoms with van der Waals surface area (Å²) in [6, 6.07) is 7.71. The number of aliphatic hydroxyl groups is 1. The van der Waals surface area contributed by atoms with E-state index in [2.05, 4.69) is 0 Å². The highest BCUT2D eigenvalue weighted by Crippen LogP contribution is 2.24. The number of hydrogen-bond acceptors (Lipinski definition) is 3. The minimum atomic E-state index is -0.402. The first kappa shape index (κ1) is 10.8. The number of hydrogen-bond donors (Lipinski definition) is 1. The minimum absolute atomic E-state index is 0.368. The Morgan fingerprint density at radius 3 is 2.67 bits per heavy atom. The van der Waals surface area contributed by atoms with Gasteiger partial charge in [0.25, 0.3) is 0 Å². The Bertz CT molecular complexity index is 302. The first-order chi connectivity index (χ1) is 7.25. The van der Waals surface area contributed by atoms with E-state index >= 15 is 0 Å². The van der Waals surface area contributed by atoms with Gasteiger partial charge in [0.2, 0.25) is 0 Å². The van der Waals surface area contributed by atoms with E-state index in [1.165, 1.54) is 5.75 Å². The molecule has 2 atom stereocenters. The molecule has 0 aliphatic carbocycles. The molecule has 1 aliphatic heterocycles. The van der Waals surface area contributed by atoms with Crippen LogP contribution in [0.25, 0.3) is 0 Å². The Hall–Kier alpha value is -0.670. The van der Waals surface area contributed by atoms with Crippen LogP contribution in [0.4, 0.5) is 0 Å². The lowest BCUT2D eigenvalue weighted by molar-refractivity contribution is 0.198. The van der Waals surface area contributed by atoms with Gasteiger partial charge in [0.15, 0.2) is 0 Å². The second kappa shape index (κ2) is 4.90. The van der Waals surface area contributed by atoms with E-state index in [1.54, 1.807) is 6.92 Å². The molecule has 0 saturated carbocycles. The van der Waals surface area contributed by atoms with Crippen LogP contribution in [-0.2, 0) is 0 Å². The number of thioether (sulfide) groups is 1. The van der Waals surface area contributed by atoms with Crippen LogP contribution < -0.4 is 4.74 Å². The Morgan fingerprint density at radius 1 is 1.40 bits per heavy atom. The second-order valence-electron chi connectivity index (χ2n) is 3.85. The third-order valence-corrected chi connectivity index (χ3v) is 3.69. The smallest absolute Gasteiger partial charge is 0.119 e. The number of ether oxygens (including phenoxy) is 1. The predicted octanol–water partition coefficient (Wildman–Crippen LogP) is 2.62. The molecule has 1 fully saturated rings. The van der Waals surface area contributed by atoms with E-state index < -0.39 is 6.10 Å². The van der Waals surface area contributed by atoms with Crippen molar-refractivity contribution in [2.24, 2.45) is 0 Å². The summed E-state index contributed by atoms with van der Waals surface area (Å²) in [6.45, 7) is 1.77. The molecule has 0 spiro atoms. The van der Waals surface area contributed by atoms with Crippen molar-refractivity contribution in [1.29, 1.82) is 0 Å². The third-order valence-electron chi connectivity index (χ3n) is 2.55. The number of benzene rings is 1. The highest BCUT2D eigenvalue weighted by atomic mass is 32.2. The topological polar surface area (TPSA) is 29.5 Å². The maximum Gasteiger partial charge on any atom is 0.119 e. The van der Waals surface area contributed by atoms with Crippen LogP contribution in [0.15, 0.2) is 24.3 Å². The van der Waals surface area contributed by atoms with Crippen LogP contribution in [0.5, 0.6) is 5.75 Å². The van der Waals surface area contributed by atoms with Crippen molar-refractivity contribution in [3.05, 3.63) is 29.8 Å². The average molecular weight is 224 g/mol. The van der Waals surface area contributed by atoms with Crippen LogP contribution in [0, 0.1) is 0 Å². The molecule has 2 nitrogen and oxygen atoms in total. The summed E-state index contributed by atoms with van der Waals surface area (Å²) < 4.78 is 5.81. The molecule has 0 aromatic heterocycles. The number of aliphatic hydroxyl groups excluding tert-OH is 1. The SMILES string of the molecule is CC(O)c1ccc(OC2CCSC2)cc1. The fourth-order valence-electron chi connectivity index (χ4n) is 1.62. The Labute approximate surface area is 94.6 Å². The van der Waals surface area contributed by atoms with Crippen LogP contribution in [-0.4, -0.2) is 22.7 Å². The van der Waals surface area contributed by atoms with Gasteiger partial charge in [-0.3, -0.25) is 0 Å². The van der Waals surface area contributed by atoms with Crippen molar-refractivity contribution >= 4 is 11.8 Å². The Morgan fingerprint density at radius 2 is 2.13 bits per heavy atom. The molecule has 2 rings (SSSR count). The molecule has 0 radical (unpaired) electrons. The highest BCUT2D eigenvalue weighted by molar-refractivity contribution is 7.99. The van der Waals surface area contributed by atoms with Crippen LogP contribution >= 0.6 is 11.8 Å². The van der Waals surface area contributed by atoms with Crippen LogP contribution in [0.1, 0.15) is 25.0 Å². The van der Waals surface area contributed by atoms with E-state index in [4.69, 9.17) is 4.74 Å². The lowest BCUT2D eigenvalue weighted by atomic mass is 10.1. The van der Waals surface area contributed by atoms with E-state index in [1.807, 2.05) is 36.0 Å². The summed E-state index contributed by atoms with van der Waals surface area (Å²) >= 11 is 1.94. The lowest BCUT2D eigenvalue weighted by Crippen LogP contribution is -2.14. The maximum atomic E-state index is 9.35. The van der Waals surface area contributed by atoms with Gasteiger partial charge in [0.1, 0.15) is 11.9 Å². The molecule has 1 aliphatic rings. The van der Waals surface area contributed by atoms with Gasteiger partial charge in [-0.15, -0.1) is 0 Å². The van der Waals surface area contributed by atoms with Crippen molar-refractivity contribution in [1.82, 2.24) is 0 Å². The molecule has 1 aromatic rings. The fourth-order valence-corrected chi connectivity index (χ4v) is 2.72. The lowest BCUT2D eigenvalue weighted by Gasteiger charge is -2.13. The van der Waals surface area contributed by atoms with Crippen LogP contribution in [0.3, 0.4) is 0 Å². The van der Waals surface area contributed by atoms with Crippen molar-refractivity contribution in [2.45, 2.75) is 25.6 Å². The molecule has 15 heavy (non-hydrogen) atoms. The maximum absolute atomic E-state index is 9.35. The summed E-state index contributed by atoms with van der Waals surface area (Å²) in [7, 11) is 0. The fraction of sp³-hybridized carbons (Fsp3) is 0.500. The number of rotatable bonds is 3. The van der Waals surface area contributed by atoms with Gasteiger partial charge in [0, 0.05) is 5.75 Å². The van der Waals surface area contributed by atoms with Crippen molar-refractivity contribution in [3.63, 3.8) is 0 Å². The largest absolute Gasteiger partial charge is 0.490 e. The molecule has 3 heteroatoms. The standard InChI is InChI=1S/C12H16O2S/c1-9(13)10-2-4-11(5-3-10)14-12-6-7-15-8-12/h2-5,9,12-13H,6-8H2,1H3. The van der Waals surface area contributed by atoms with Gasteiger partial charge in [-0.1, -0.05) is 12.1 Å². The van der Waals surface area contributed by atoms with Gasteiger partial charge in [-0.25, -0.2) is 0 Å². The molecule has 0 bridgehead atoms. The van der Waals surface area contributed by atoms with E-state index in [0.29, 0.717) is 6.10 Å². The zero-order valence-electron chi connectivity index (χ0n) is 8.85. The molecular formula is C12H16O2S. The Kier molecular flexibility index (Phi) is 3.54. The summed E-state index contributed by atoms with van der Waals surface area (Å²) in [5, 5.41) is 9.35. The first-order valence-electron chi connectivity index (χ1n) is 5.28. The van der Waals surface area contributed by atoms with Crippen molar-refractivity contribution in [3.8, 4) is 5.75 Å². The van der Waals surface area contributed by atoms with Gasteiger partial charge in [0.05, 0.1) is 6.10 Å². The summed E-state index contributed by atoms with van der Waals surface area (Å²) in [5.41, 5.74) is 0.933. The molecule has 1 N–H and O–H groups in total. The van der Waals surface area contributed by atoms with Crippen LogP contribution in [0.2, 0.25) is 0 Å². The normalized spacial score (nSPS) is 22.7. The van der Waals surface area contributed by atoms with E-state index in [-0.39, 0.29) is 0 Å². The molecule has 0 amide bonds. The van der Waals surface area contributed by atoms with E-state index in [0.717, 1.165) is 23.5 Å². The monoisotopic (exact) mass is 224 g/mol. The van der Waals surface area contributed by atoms with Crippen molar-refractivity contribution < 1.29 is 9.84 Å². The molecule has 82 valence electrons. The summed E-state index contributed by atoms with van der Waals surface area (Å²) in [4.78, 5) is 0. The van der Waals surface area contributed by atoms with Gasteiger partial charge < -0.3 is 9.84 Å². The quantitative estimate of drug-likeness (QED) is 0.856. The van der Waals surface area contributed by atoms with E-state index in [9.17, 15) is 5.11 Å². The average Bonchev–Trinajstić information content (AvgIpc) is 2.71. The minimum Gasteiger partial charge on any atom is -0.490 e. The molecule has 1 heterocycles. The highest BCUT2D eigenvalue weighted by Gasteiger charge is 2.16.